The molecule has 0 bridgehead atoms. The second-order valence-electron chi connectivity index (χ2n) is 8.51. The van der Waals surface area contributed by atoms with E-state index in [2.05, 4.69) is 58.5 Å². The van der Waals surface area contributed by atoms with Crippen molar-refractivity contribution in [2.45, 2.75) is 45.4 Å². The Bertz CT molecular complexity index is 856. The summed E-state index contributed by atoms with van der Waals surface area (Å²) >= 11 is 6.04. The van der Waals surface area contributed by atoms with Gasteiger partial charge in [-0.2, -0.15) is 0 Å². The van der Waals surface area contributed by atoms with Crippen LogP contribution >= 0.6 is 11.6 Å². The summed E-state index contributed by atoms with van der Waals surface area (Å²) in [5, 5.41) is 7.41. The quantitative estimate of drug-likeness (QED) is 0.461. The number of methoxy groups -OCH3 is 1. The Labute approximate surface area is 203 Å². The number of hydrogen-bond acceptors (Lipinski definition) is 5. The van der Waals surface area contributed by atoms with Crippen LogP contribution in [-0.4, -0.2) is 62.8 Å². The van der Waals surface area contributed by atoms with Gasteiger partial charge in [0.05, 0.1) is 12.6 Å². The maximum Gasteiger partial charge on any atom is 0.237 e. The predicted molar refractivity (Wildman–Crippen MR) is 136 cm³/mol. The maximum atomic E-state index is 12.9. The Morgan fingerprint density at radius 3 is 2.39 bits per heavy atom. The molecule has 2 N–H and O–H groups in total. The number of rotatable bonds is 12. The van der Waals surface area contributed by atoms with E-state index in [0.717, 1.165) is 49.7 Å². The average Bonchev–Trinajstić information content (AvgIpc) is 3.23. The highest BCUT2D eigenvalue weighted by molar-refractivity contribution is 6.30. The van der Waals surface area contributed by atoms with E-state index < -0.39 is 0 Å². The average molecular weight is 473 g/mol. The molecule has 2 atom stereocenters. The van der Waals surface area contributed by atoms with E-state index in [-0.39, 0.29) is 18.0 Å². The number of amides is 1. The molecule has 180 valence electrons. The van der Waals surface area contributed by atoms with Crippen LogP contribution in [0.5, 0.6) is 0 Å². The standard InChI is InChI=1S/C26H37ClN4O2/c1-4-30(5-2)24-12-8-20(9-13-24)17-29-23-16-25(26(32)28-14-15-33-3)31(19-23)18-21-6-10-22(27)11-7-21/h6-13,23,25,29H,4-5,14-19H2,1-3H3,(H,28,32)/t23-,25+/m1/s1. The molecular weight excluding hydrogens is 436 g/mol. The molecule has 0 unspecified atom stereocenters. The molecule has 1 saturated heterocycles. The van der Waals surface area contributed by atoms with Gasteiger partial charge in [0.1, 0.15) is 0 Å². The molecule has 3 rings (SSSR count). The minimum Gasteiger partial charge on any atom is -0.383 e. The van der Waals surface area contributed by atoms with Gasteiger partial charge in [0.15, 0.2) is 0 Å². The Hall–Kier alpha value is -2.12. The van der Waals surface area contributed by atoms with Crippen LogP contribution in [0, 0.1) is 0 Å². The summed E-state index contributed by atoms with van der Waals surface area (Å²) in [7, 11) is 1.64. The largest absolute Gasteiger partial charge is 0.383 e. The zero-order valence-electron chi connectivity index (χ0n) is 20.0. The molecule has 0 aromatic heterocycles. The monoisotopic (exact) mass is 472 g/mol. The lowest BCUT2D eigenvalue weighted by Gasteiger charge is -2.23. The van der Waals surface area contributed by atoms with E-state index in [9.17, 15) is 4.79 Å². The highest BCUT2D eigenvalue weighted by Gasteiger charge is 2.36. The molecule has 6 nitrogen and oxygen atoms in total. The van der Waals surface area contributed by atoms with Gasteiger partial charge < -0.3 is 20.3 Å². The molecule has 1 aliphatic rings. The van der Waals surface area contributed by atoms with Gasteiger partial charge in [0.25, 0.3) is 0 Å². The third-order valence-corrected chi connectivity index (χ3v) is 6.52. The van der Waals surface area contributed by atoms with Gasteiger partial charge in [-0.25, -0.2) is 0 Å². The molecule has 0 saturated carbocycles. The van der Waals surface area contributed by atoms with Gasteiger partial charge >= 0.3 is 0 Å². The van der Waals surface area contributed by atoms with Gasteiger partial charge in [-0.3, -0.25) is 9.69 Å². The lowest BCUT2D eigenvalue weighted by atomic mass is 10.1. The van der Waals surface area contributed by atoms with Crippen LogP contribution < -0.4 is 15.5 Å². The van der Waals surface area contributed by atoms with Gasteiger partial charge in [0.2, 0.25) is 5.91 Å². The number of hydrogen-bond donors (Lipinski definition) is 2. The summed E-state index contributed by atoms with van der Waals surface area (Å²) in [4.78, 5) is 17.5. The Balaban J connectivity index is 1.61. The second kappa shape index (κ2) is 12.9. The smallest absolute Gasteiger partial charge is 0.237 e. The van der Waals surface area contributed by atoms with Crippen LogP contribution in [0.1, 0.15) is 31.4 Å². The third kappa shape index (κ3) is 7.44. The number of ether oxygens (including phenoxy) is 1. The first-order valence-corrected chi connectivity index (χ1v) is 12.2. The molecule has 1 heterocycles. The van der Waals surface area contributed by atoms with Crippen molar-refractivity contribution in [3.63, 3.8) is 0 Å². The molecule has 2 aromatic rings. The van der Waals surface area contributed by atoms with Crippen molar-refractivity contribution in [1.29, 1.82) is 0 Å². The lowest BCUT2D eigenvalue weighted by molar-refractivity contribution is -0.125. The predicted octanol–water partition coefficient (Wildman–Crippen LogP) is 3.68. The Kier molecular flexibility index (Phi) is 10.0. The van der Waals surface area contributed by atoms with Crippen molar-refractivity contribution < 1.29 is 9.53 Å². The first-order chi connectivity index (χ1) is 16.0. The molecule has 0 spiro atoms. The fourth-order valence-corrected chi connectivity index (χ4v) is 4.52. The van der Waals surface area contributed by atoms with E-state index in [0.29, 0.717) is 13.2 Å². The number of benzene rings is 2. The van der Waals surface area contributed by atoms with Gasteiger partial charge in [0, 0.05) is 63.1 Å². The molecule has 1 fully saturated rings. The highest BCUT2D eigenvalue weighted by atomic mass is 35.5. The topological polar surface area (TPSA) is 56.8 Å². The van der Waals surface area contributed by atoms with Crippen molar-refractivity contribution >= 4 is 23.2 Å². The zero-order chi connectivity index (χ0) is 23.6. The Morgan fingerprint density at radius 1 is 1.09 bits per heavy atom. The molecular formula is C26H37ClN4O2. The maximum absolute atomic E-state index is 12.9. The van der Waals surface area contributed by atoms with E-state index >= 15 is 0 Å². The summed E-state index contributed by atoms with van der Waals surface area (Å²) in [5.74, 6) is 0.0638. The molecule has 2 aromatic carbocycles. The van der Waals surface area contributed by atoms with E-state index in [4.69, 9.17) is 16.3 Å². The number of nitrogens with zero attached hydrogens (tertiary/aromatic N) is 2. The van der Waals surface area contributed by atoms with Crippen LogP contribution in [0.2, 0.25) is 5.02 Å². The summed E-state index contributed by atoms with van der Waals surface area (Å²) < 4.78 is 5.08. The molecule has 1 aliphatic heterocycles. The number of carbonyl (C=O) groups excluding carboxylic acids is 1. The molecule has 7 heteroatoms. The van der Waals surface area contributed by atoms with Crippen molar-refractivity contribution in [2.75, 3.05) is 44.8 Å². The van der Waals surface area contributed by atoms with Crippen LogP contribution in [-0.2, 0) is 22.6 Å². The van der Waals surface area contributed by atoms with Crippen molar-refractivity contribution in [2.24, 2.45) is 0 Å². The van der Waals surface area contributed by atoms with E-state index in [1.54, 1.807) is 7.11 Å². The fraction of sp³-hybridized carbons (Fsp3) is 0.500. The van der Waals surface area contributed by atoms with E-state index in [1.807, 2.05) is 24.3 Å². The minimum absolute atomic E-state index is 0.0638. The highest BCUT2D eigenvalue weighted by Crippen LogP contribution is 2.23. The minimum atomic E-state index is -0.167. The van der Waals surface area contributed by atoms with Crippen LogP contribution in [0.25, 0.3) is 0 Å². The number of carbonyl (C=O) groups is 1. The SMILES string of the molecule is CCN(CC)c1ccc(CN[C@@H]2C[C@@H](C(=O)NCCOC)N(Cc3ccc(Cl)cc3)C2)cc1. The molecule has 0 aliphatic carbocycles. The van der Waals surface area contributed by atoms with Crippen LogP contribution in [0.15, 0.2) is 48.5 Å². The first-order valence-electron chi connectivity index (χ1n) is 11.9. The normalized spacial score (nSPS) is 18.4. The third-order valence-electron chi connectivity index (χ3n) is 6.27. The van der Waals surface area contributed by atoms with Crippen LogP contribution in [0.4, 0.5) is 5.69 Å². The van der Waals surface area contributed by atoms with Gasteiger partial charge in [-0.1, -0.05) is 35.9 Å². The van der Waals surface area contributed by atoms with Crippen molar-refractivity contribution in [3.05, 3.63) is 64.7 Å². The zero-order valence-corrected chi connectivity index (χ0v) is 20.8. The Morgan fingerprint density at radius 2 is 1.76 bits per heavy atom. The fourth-order valence-electron chi connectivity index (χ4n) is 4.39. The first kappa shape index (κ1) is 25.5. The summed E-state index contributed by atoms with van der Waals surface area (Å²) in [5.41, 5.74) is 3.66. The summed E-state index contributed by atoms with van der Waals surface area (Å²) in [6.45, 7) is 9.74. The number of halogens is 1. The van der Waals surface area contributed by atoms with Crippen LogP contribution in [0.3, 0.4) is 0 Å². The van der Waals surface area contributed by atoms with Gasteiger partial charge in [-0.05, 0) is 55.7 Å². The summed E-state index contributed by atoms with van der Waals surface area (Å²) in [6, 6.07) is 16.7. The lowest BCUT2D eigenvalue weighted by Crippen LogP contribution is -2.43. The molecule has 33 heavy (non-hydrogen) atoms. The van der Waals surface area contributed by atoms with Crippen molar-refractivity contribution in [1.82, 2.24) is 15.5 Å². The molecule has 1 amide bonds. The van der Waals surface area contributed by atoms with Gasteiger partial charge in [-0.15, -0.1) is 0 Å². The second-order valence-corrected chi connectivity index (χ2v) is 8.94. The van der Waals surface area contributed by atoms with Crippen molar-refractivity contribution in [3.8, 4) is 0 Å². The molecule has 0 radical (unpaired) electrons. The van der Waals surface area contributed by atoms with E-state index in [1.165, 1.54) is 11.3 Å². The summed E-state index contributed by atoms with van der Waals surface area (Å²) in [6.07, 6.45) is 0.782. The number of nitrogens with one attached hydrogen (secondary N) is 2. The number of likely N-dealkylation sites (tertiary alicyclic amines) is 1. The number of anilines is 1.